The van der Waals surface area contributed by atoms with Gasteiger partial charge in [0.2, 0.25) is 5.78 Å². The monoisotopic (exact) mass is 365 g/mol. The van der Waals surface area contributed by atoms with Crippen LogP contribution in [0.2, 0.25) is 0 Å². The number of imidazole rings is 1. The van der Waals surface area contributed by atoms with E-state index in [0.29, 0.717) is 5.82 Å². The summed E-state index contributed by atoms with van der Waals surface area (Å²) in [4.78, 5) is 43.4. The van der Waals surface area contributed by atoms with Crippen LogP contribution in [-0.4, -0.2) is 38.2 Å². The van der Waals surface area contributed by atoms with E-state index in [-0.39, 0.29) is 12.1 Å². The van der Waals surface area contributed by atoms with Crippen molar-refractivity contribution in [1.82, 2.24) is 19.9 Å². The van der Waals surface area contributed by atoms with Gasteiger partial charge in [-0.2, -0.15) is 0 Å². The van der Waals surface area contributed by atoms with Crippen molar-refractivity contribution < 1.29 is 14.4 Å². The number of nitrogens with zero attached hydrogens (tertiary/aromatic N) is 2. The number of ketones is 1. The Morgan fingerprint density at radius 3 is 2.59 bits per heavy atom. The molecule has 0 spiro atoms. The average Bonchev–Trinajstić information content (AvgIpc) is 3.30. The summed E-state index contributed by atoms with van der Waals surface area (Å²) in [5.74, 6) is -1.85. The van der Waals surface area contributed by atoms with Gasteiger partial charge in [0.25, 0.3) is 11.8 Å². The number of carbonyl (C=O) groups is 3. The molecule has 0 aliphatic rings. The van der Waals surface area contributed by atoms with E-state index in [0.717, 1.165) is 11.3 Å². The average molecular weight is 365 g/mol. The first-order valence-electron chi connectivity index (χ1n) is 8.33. The van der Waals surface area contributed by atoms with Crippen molar-refractivity contribution in [2.45, 2.75) is 19.4 Å². The summed E-state index contributed by atoms with van der Waals surface area (Å²) in [5.41, 5.74) is 6.93. The Labute approximate surface area is 155 Å². The molecule has 8 nitrogen and oxygen atoms in total. The van der Waals surface area contributed by atoms with E-state index in [4.69, 9.17) is 5.73 Å². The Hall–Kier alpha value is -3.68. The van der Waals surface area contributed by atoms with Crippen LogP contribution in [0.5, 0.6) is 0 Å². The minimum atomic E-state index is -1.09. The summed E-state index contributed by atoms with van der Waals surface area (Å²) in [5, 5.41) is 2.61. The summed E-state index contributed by atoms with van der Waals surface area (Å²) in [6.07, 6.45) is 4.96. The predicted octanol–water partition coefficient (Wildman–Crippen LogP) is 0.904. The Morgan fingerprint density at radius 2 is 1.96 bits per heavy atom. The van der Waals surface area contributed by atoms with Gasteiger partial charge in [-0.25, -0.2) is 4.98 Å². The second-order valence-electron chi connectivity index (χ2n) is 6.04. The number of hydrogen-bond acceptors (Lipinski definition) is 4. The lowest BCUT2D eigenvalue weighted by Gasteiger charge is -2.17. The van der Waals surface area contributed by atoms with Gasteiger partial charge in [-0.1, -0.05) is 18.2 Å². The lowest BCUT2D eigenvalue weighted by molar-refractivity contribution is -0.137. The maximum Gasteiger partial charge on any atom is 0.287 e. The van der Waals surface area contributed by atoms with Gasteiger partial charge >= 0.3 is 0 Å². The second kappa shape index (κ2) is 7.69. The number of primary amides is 1. The highest BCUT2D eigenvalue weighted by Gasteiger charge is 2.27. The molecule has 2 aromatic heterocycles. The van der Waals surface area contributed by atoms with Gasteiger partial charge in [0.05, 0.1) is 6.20 Å². The van der Waals surface area contributed by atoms with Crippen molar-refractivity contribution in [1.29, 1.82) is 0 Å². The van der Waals surface area contributed by atoms with Crippen LogP contribution in [0.15, 0.2) is 55.0 Å². The largest absolute Gasteiger partial charge is 0.367 e. The highest BCUT2D eigenvalue weighted by atomic mass is 16.2. The number of rotatable bonds is 7. The molecule has 1 unspecified atom stereocenters. The fourth-order valence-corrected chi connectivity index (χ4v) is 2.84. The Kier molecular flexibility index (Phi) is 5.16. The standard InChI is InChI=1S/C19H19N5O3/c1-12-22-11-16(24(12)14-5-3-2-4-6-14)19(27)23-15(17(25)18(20)26)9-13-7-8-21-10-13/h2-8,10-11,15,21H,9H2,1H3,(H2,20,26)(H,23,27). The van der Waals surface area contributed by atoms with Crippen molar-refractivity contribution in [2.75, 3.05) is 0 Å². The Balaban J connectivity index is 1.88. The van der Waals surface area contributed by atoms with Crippen molar-refractivity contribution in [3.8, 4) is 5.69 Å². The molecule has 2 heterocycles. The molecule has 0 fully saturated rings. The molecule has 4 N–H and O–H groups in total. The quantitative estimate of drug-likeness (QED) is 0.538. The molecule has 0 aliphatic heterocycles. The van der Waals surface area contributed by atoms with Gasteiger partial charge < -0.3 is 16.0 Å². The SMILES string of the molecule is Cc1ncc(C(=O)NC(Cc2cc[nH]c2)C(=O)C(N)=O)n1-c1ccccc1. The molecule has 0 bridgehead atoms. The van der Waals surface area contributed by atoms with E-state index in [1.54, 1.807) is 30.0 Å². The van der Waals surface area contributed by atoms with Gasteiger partial charge in [0.1, 0.15) is 17.6 Å². The fourth-order valence-electron chi connectivity index (χ4n) is 2.84. The normalized spacial score (nSPS) is 11.7. The topological polar surface area (TPSA) is 123 Å². The third kappa shape index (κ3) is 3.95. The van der Waals surface area contributed by atoms with Crippen LogP contribution in [-0.2, 0) is 16.0 Å². The molecule has 0 radical (unpaired) electrons. The molecule has 2 amide bonds. The summed E-state index contributed by atoms with van der Waals surface area (Å²) in [7, 11) is 0. The van der Waals surface area contributed by atoms with E-state index in [9.17, 15) is 14.4 Å². The number of carbonyl (C=O) groups excluding carboxylic acids is 3. The molecular formula is C19H19N5O3. The Morgan fingerprint density at radius 1 is 1.22 bits per heavy atom. The van der Waals surface area contributed by atoms with Crippen molar-refractivity contribution >= 4 is 17.6 Å². The summed E-state index contributed by atoms with van der Waals surface area (Å²) >= 11 is 0. The maximum atomic E-state index is 12.8. The van der Waals surface area contributed by atoms with Crippen LogP contribution in [0, 0.1) is 6.92 Å². The third-order valence-corrected chi connectivity index (χ3v) is 4.15. The molecule has 27 heavy (non-hydrogen) atoms. The molecule has 3 rings (SSSR count). The van der Waals surface area contributed by atoms with Gasteiger partial charge in [0, 0.05) is 24.5 Å². The van der Waals surface area contributed by atoms with E-state index >= 15 is 0 Å². The zero-order chi connectivity index (χ0) is 19.4. The third-order valence-electron chi connectivity index (χ3n) is 4.15. The fraction of sp³-hybridized carbons (Fsp3) is 0.158. The number of para-hydroxylation sites is 1. The highest BCUT2D eigenvalue weighted by molar-refractivity contribution is 6.38. The highest BCUT2D eigenvalue weighted by Crippen LogP contribution is 2.15. The van der Waals surface area contributed by atoms with Crippen LogP contribution < -0.4 is 11.1 Å². The maximum absolute atomic E-state index is 12.8. The number of aromatic amines is 1. The molecule has 1 atom stereocenters. The summed E-state index contributed by atoms with van der Waals surface area (Å²) < 4.78 is 1.68. The molecule has 0 saturated carbocycles. The molecule has 3 aromatic rings. The molecule has 0 aliphatic carbocycles. The van der Waals surface area contributed by atoms with Gasteiger partial charge in [-0.15, -0.1) is 0 Å². The summed E-state index contributed by atoms with van der Waals surface area (Å²) in [6.45, 7) is 1.77. The molecule has 8 heteroatoms. The first-order chi connectivity index (χ1) is 13.0. The second-order valence-corrected chi connectivity index (χ2v) is 6.04. The minimum Gasteiger partial charge on any atom is -0.367 e. The first-order valence-corrected chi connectivity index (χ1v) is 8.33. The van der Waals surface area contributed by atoms with Gasteiger partial charge in [0.15, 0.2) is 0 Å². The number of hydrogen-bond donors (Lipinski definition) is 3. The summed E-state index contributed by atoms with van der Waals surface area (Å²) in [6, 6.07) is 9.95. The number of aryl methyl sites for hydroxylation is 1. The number of nitrogens with two attached hydrogens (primary N) is 1. The van der Waals surface area contributed by atoms with E-state index in [2.05, 4.69) is 15.3 Å². The molecule has 1 aromatic carbocycles. The van der Waals surface area contributed by atoms with Crippen molar-refractivity contribution in [3.63, 3.8) is 0 Å². The number of aromatic nitrogens is 3. The predicted molar refractivity (Wildman–Crippen MR) is 98.3 cm³/mol. The molecule has 0 saturated heterocycles. The van der Waals surface area contributed by atoms with Crippen molar-refractivity contribution in [2.24, 2.45) is 5.73 Å². The van der Waals surface area contributed by atoms with Crippen LogP contribution in [0.4, 0.5) is 0 Å². The number of nitrogens with one attached hydrogen (secondary N) is 2. The number of benzene rings is 1. The number of amides is 2. The number of H-pyrrole nitrogens is 1. The Bertz CT molecular complexity index is 961. The smallest absolute Gasteiger partial charge is 0.287 e. The molecule has 138 valence electrons. The number of Topliss-reactive ketones (excluding diaryl/α,β-unsaturated/α-hetero) is 1. The zero-order valence-corrected chi connectivity index (χ0v) is 14.7. The minimum absolute atomic E-state index is 0.148. The van der Waals surface area contributed by atoms with Gasteiger partial charge in [-0.05, 0) is 30.7 Å². The lowest BCUT2D eigenvalue weighted by Crippen LogP contribution is -2.47. The van der Waals surface area contributed by atoms with Crippen LogP contribution in [0.25, 0.3) is 5.69 Å². The van der Waals surface area contributed by atoms with E-state index < -0.39 is 23.6 Å². The van der Waals surface area contributed by atoms with Gasteiger partial charge in [-0.3, -0.25) is 19.0 Å². The van der Waals surface area contributed by atoms with Crippen LogP contribution in [0.1, 0.15) is 21.9 Å². The van der Waals surface area contributed by atoms with Crippen LogP contribution >= 0.6 is 0 Å². The molecular weight excluding hydrogens is 346 g/mol. The van der Waals surface area contributed by atoms with E-state index in [1.165, 1.54) is 6.20 Å². The van der Waals surface area contributed by atoms with Crippen molar-refractivity contribution in [3.05, 3.63) is 72.1 Å². The lowest BCUT2D eigenvalue weighted by atomic mass is 10.0. The van der Waals surface area contributed by atoms with E-state index in [1.807, 2.05) is 30.3 Å². The zero-order valence-electron chi connectivity index (χ0n) is 14.7. The first kappa shape index (κ1) is 18.1. The van der Waals surface area contributed by atoms with Crippen LogP contribution in [0.3, 0.4) is 0 Å².